The molecular formula is C16H21ClO3. The van der Waals surface area contributed by atoms with Crippen molar-refractivity contribution in [3.05, 3.63) is 34.9 Å². The average molecular weight is 297 g/mol. The summed E-state index contributed by atoms with van der Waals surface area (Å²) in [5.41, 5.74) is 1.05. The molecule has 3 rings (SSSR count). The highest BCUT2D eigenvalue weighted by Gasteiger charge is 2.47. The molecule has 0 aromatic heterocycles. The molecule has 2 fully saturated rings. The number of hydrogen-bond acceptors (Lipinski definition) is 3. The van der Waals surface area contributed by atoms with Crippen LogP contribution in [-0.2, 0) is 15.9 Å². The van der Waals surface area contributed by atoms with E-state index in [9.17, 15) is 5.11 Å². The van der Waals surface area contributed by atoms with Gasteiger partial charge in [0.1, 0.15) is 6.10 Å². The van der Waals surface area contributed by atoms with E-state index in [1.54, 1.807) is 0 Å². The third kappa shape index (κ3) is 2.86. The van der Waals surface area contributed by atoms with Gasteiger partial charge >= 0.3 is 0 Å². The van der Waals surface area contributed by atoms with E-state index in [2.05, 4.69) is 0 Å². The fraction of sp³-hybridized carbons (Fsp3) is 0.625. The topological polar surface area (TPSA) is 38.7 Å². The molecule has 4 heteroatoms. The first-order valence-corrected chi connectivity index (χ1v) is 7.80. The summed E-state index contributed by atoms with van der Waals surface area (Å²) in [5, 5.41) is 10.3. The second kappa shape index (κ2) is 6.02. The highest BCUT2D eigenvalue weighted by atomic mass is 35.5. The zero-order valence-corrected chi connectivity index (χ0v) is 12.3. The minimum Gasteiger partial charge on any atom is -0.394 e. The standard InChI is InChI=1S/C16H21ClO3/c17-13-7-3-2-6-12(13)10-14-15(11-18)20-16(19-14)8-4-1-5-9-16/h2-3,6-7,14-15,18H,1,4-5,8-11H2/t14-,15-/m0/s1. The quantitative estimate of drug-likeness (QED) is 0.930. The van der Waals surface area contributed by atoms with Crippen molar-refractivity contribution in [2.75, 3.05) is 6.61 Å². The Bertz CT molecular complexity index is 457. The molecule has 110 valence electrons. The van der Waals surface area contributed by atoms with Crippen LogP contribution in [0.25, 0.3) is 0 Å². The van der Waals surface area contributed by atoms with Gasteiger partial charge in [0.25, 0.3) is 0 Å². The van der Waals surface area contributed by atoms with Gasteiger partial charge in [0, 0.05) is 24.3 Å². The lowest BCUT2D eigenvalue weighted by molar-refractivity contribution is -0.195. The van der Waals surface area contributed by atoms with E-state index in [4.69, 9.17) is 21.1 Å². The van der Waals surface area contributed by atoms with Gasteiger partial charge in [0.2, 0.25) is 0 Å². The number of benzene rings is 1. The molecule has 1 aromatic carbocycles. The number of ether oxygens (including phenoxy) is 2. The Morgan fingerprint density at radius 2 is 1.80 bits per heavy atom. The van der Waals surface area contributed by atoms with Crippen LogP contribution in [0.1, 0.15) is 37.7 Å². The predicted octanol–water partition coefficient (Wildman–Crippen LogP) is 3.32. The maximum atomic E-state index is 9.56. The zero-order chi connectivity index (χ0) is 14.0. The Kier molecular flexibility index (Phi) is 4.32. The summed E-state index contributed by atoms with van der Waals surface area (Å²) in [4.78, 5) is 0. The summed E-state index contributed by atoms with van der Waals surface area (Å²) >= 11 is 6.21. The monoisotopic (exact) mass is 296 g/mol. The lowest BCUT2D eigenvalue weighted by Gasteiger charge is -2.32. The molecule has 0 amide bonds. The second-order valence-electron chi connectivity index (χ2n) is 5.76. The smallest absolute Gasteiger partial charge is 0.169 e. The van der Waals surface area contributed by atoms with Gasteiger partial charge < -0.3 is 14.6 Å². The van der Waals surface area contributed by atoms with E-state index in [1.165, 1.54) is 6.42 Å². The van der Waals surface area contributed by atoms with Crippen LogP contribution in [0.2, 0.25) is 5.02 Å². The van der Waals surface area contributed by atoms with Crippen molar-refractivity contribution >= 4 is 11.6 Å². The summed E-state index contributed by atoms with van der Waals surface area (Å²) in [7, 11) is 0. The van der Waals surface area contributed by atoms with Gasteiger partial charge in [-0.15, -0.1) is 0 Å². The van der Waals surface area contributed by atoms with Crippen molar-refractivity contribution in [3.8, 4) is 0 Å². The summed E-state index contributed by atoms with van der Waals surface area (Å²) in [6.45, 7) is -0.00311. The summed E-state index contributed by atoms with van der Waals surface area (Å²) in [6.07, 6.45) is 5.71. The molecule has 2 aliphatic rings. The van der Waals surface area contributed by atoms with Crippen LogP contribution >= 0.6 is 11.6 Å². The molecular weight excluding hydrogens is 276 g/mol. The molecule has 1 aliphatic carbocycles. The Labute approximate surface area is 124 Å². The molecule has 1 heterocycles. The van der Waals surface area contributed by atoms with E-state index in [-0.39, 0.29) is 18.8 Å². The number of halogens is 1. The van der Waals surface area contributed by atoms with Gasteiger partial charge in [-0.25, -0.2) is 0 Å². The van der Waals surface area contributed by atoms with Crippen molar-refractivity contribution in [1.29, 1.82) is 0 Å². The third-order valence-corrected chi connectivity index (χ3v) is 4.69. The molecule has 0 bridgehead atoms. The van der Waals surface area contributed by atoms with E-state index < -0.39 is 5.79 Å². The summed E-state index contributed by atoms with van der Waals surface area (Å²) < 4.78 is 12.3. The molecule has 20 heavy (non-hydrogen) atoms. The highest BCUT2D eigenvalue weighted by Crippen LogP contribution is 2.41. The lowest BCUT2D eigenvalue weighted by Crippen LogP contribution is -2.33. The first-order valence-electron chi connectivity index (χ1n) is 7.42. The van der Waals surface area contributed by atoms with E-state index in [1.807, 2.05) is 24.3 Å². The number of aliphatic hydroxyl groups excluding tert-OH is 1. The molecule has 3 nitrogen and oxygen atoms in total. The molecule has 1 saturated heterocycles. The van der Waals surface area contributed by atoms with Crippen LogP contribution in [-0.4, -0.2) is 29.7 Å². The van der Waals surface area contributed by atoms with Crippen molar-refractivity contribution < 1.29 is 14.6 Å². The second-order valence-corrected chi connectivity index (χ2v) is 6.17. The first-order chi connectivity index (χ1) is 9.72. The van der Waals surface area contributed by atoms with Gasteiger partial charge in [-0.05, 0) is 24.5 Å². The van der Waals surface area contributed by atoms with Crippen LogP contribution < -0.4 is 0 Å². The Balaban J connectivity index is 1.73. The van der Waals surface area contributed by atoms with Crippen molar-refractivity contribution in [3.63, 3.8) is 0 Å². The minimum atomic E-state index is -0.461. The zero-order valence-electron chi connectivity index (χ0n) is 11.6. The van der Waals surface area contributed by atoms with Crippen LogP contribution in [0.15, 0.2) is 24.3 Å². The van der Waals surface area contributed by atoms with Crippen LogP contribution in [0, 0.1) is 0 Å². The van der Waals surface area contributed by atoms with E-state index in [0.29, 0.717) is 6.42 Å². The van der Waals surface area contributed by atoms with Gasteiger partial charge in [0.05, 0.1) is 12.7 Å². The summed E-state index contributed by atoms with van der Waals surface area (Å²) in [5.74, 6) is -0.461. The lowest BCUT2D eigenvalue weighted by atomic mass is 9.94. The Morgan fingerprint density at radius 1 is 1.10 bits per heavy atom. The fourth-order valence-corrected chi connectivity index (χ4v) is 3.48. The van der Waals surface area contributed by atoms with Crippen LogP contribution in [0.3, 0.4) is 0 Å². The normalized spacial score (nSPS) is 28.9. The van der Waals surface area contributed by atoms with E-state index in [0.717, 1.165) is 36.3 Å². The van der Waals surface area contributed by atoms with Gasteiger partial charge in [-0.3, -0.25) is 0 Å². The van der Waals surface area contributed by atoms with Crippen molar-refractivity contribution in [2.24, 2.45) is 0 Å². The molecule has 0 radical (unpaired) electrons. The van der Waals surface area contributed by atoms with Crippen molar-refractivity contribution in [2.45, 2.75) is 56.5 Å². The number of hydrogen-bond donors (Lipinski definition) is 1. The fourth-order valence-electron chi connectivity index (χ4n) is 3.27. The Morgan fingerprint density at radius 3 is 2.50 bits per heavy atom. The van der Waals surface area contributed by atoms with Gasteiger partial charge in [-0.2, -0.15) is 0 Å². The van der Waals surface area contributed by atoms with Gasteiger partial charge in [-0.1, -0.05) is 36.2 Å². The molecule has 1 aromatic rings. The first kappa shape index (κ1) is 14.3. The molecule has 1 saturated carbocycles. The summed E-state index contributed by atoms with van der Waals surface area (Å²) in [6, 6.07) is 7.79. The SMILES string of the molecule is OC[C@@H]1OC2(CCCCC2)O[C@H]1Cc1ccccc1Cl. The maximum Gasteiger partial charge on any atom is 0.169 e. The molecule has 1 aliphatic heterocycles. The predicted molar refractivity (Wildman–Crippen MR) is 77.8 cm³/mol. The van der Waals surface area contributed by atoms with Crippen LogP contribution in [0.5, 0.6) is 0 Å². The van der Waals surface area contributed by atoms with E-state index >= 15 is 0 Å². The largest absolute Gasteiger partial charge is 0.394 e. The highest BCUT2D eigenvalue weighted by molar-refractivity contribution is 6.31. The molecule has 0 unspecified atom stereocenters. The minimum absolute atomic E-state index is 0.00311. The molecule has 1 spiro atoms. The number of aliphatic hydroxyl groups is 1. The van der Waals surface area contributed by atoms with Gasteiger partial charge in [0.15, 0.2) is 5.79 Å². The Hall–Kier alpha value is -0.610. The van der Waals surface area contributed by atoms with Crippen molar-refractivity contribution in [1.82, 2.24) is 0 Å². The number of rotatable bonds is 3. The van der Waals surface area contributed by atoms with Crippen LogP contribution in [0.4, 0.5) is 0 Å². The molecule has 1 N–H and O–H groups in total. The third-order valence-electron chi connectivity index (χ3n) is 4.32. The average Bonchev–Trinajstić information content (AvgIpc) is 2.79. The maximum absolute atomic E-state index is 9.56. The molecule has 2 atom stereocenters.